The van der Waals surface area contributed by atoms with E-state index in [-0.39, 0.29) is 17.9 Å². The molecule has 0 fully saturated rings. The molecule has 5 nitrogen and oxygen atoms in total. The molecule has 0 atom stereocenters. The maximum atomic E-state index is 12.3. The van der Waals surface area contributed by atoms with Crippen LogP contribution >= 0.6 is 15.9 Å². The van der Waals surface area contributed by atoms with Crippen molar-refractivity contribution in [1.29, 1.82) is 0 Å². The monoisotopic (exact) mass is 390 g/mol. The van der Waals surface area contributed by atoms with Crippen LogP contribution in [0.5, 0.6) is 5.75 Å². The van der Waals surface area contributed by atoms with Crippen LogP contribution in [0.3, 0.4) is 0 Å². The SMILES string of the molecule is COc1ccc(C(=O)Nc2ccc(C(=O)NC(C)C)cc2)cc1Br. The van der Waals surface area contributed by atoms with Crippen molar-refractivity contribution in [1.82, 2.24) is 5.32 Å². The summed E-state index contributed by atoms with van der Waals surface area (Å²) < 4.78 is 5.85. The van der Waals surface area contributed by atoms with E-state index in [1.165, 1.54) is 0 Å². The van der Waals surface area contributed by atoms with Crippen LogP contribution in [0.4, 0.5) is 5.69 Å². The first-order chi connectivity index (χ1) is 11.4. The van der Waals surface area contributed by atoms with Gasteiger partial charge in [-0.25, -0.2) is 0 Å². The van der Waals surface area contributed by atoms with Crippen molar-refractivity contribution in [3.8, 4) is 5.75 Å². The third kappa shape index (κ3) is 4.58. The second kappa shape index (κ2) is 7.97. The van der Waals surface area contributed by atoms with Gasteiger partial charge in [0.05, 0.1) is 11.6 Å². The zero-order chi connectivity index (χ0) is 17.7. The number of anilines is 1. The van der Waals surface area contributed by atoms with E-state index < -0.39 is 0 Å². The molecule has 126 valence electrons. The molecule has 0 aliphatic carbocycles. The summed E-state index contributed by atoms with van der Waals surface area (Å²) in [6, 6.07) is 11.9. The number of nitrogens with one attached hydrogen (secondary N) is 2. The van der Waals surface area contributed by atoms with E-state index in [1.54, 1.807) is 49.6 Å². The summed E-state index contributed by atoms with van der Waals surface area (Å²) in [6.07, 6.45) is 0. The number of halogens is 1. The number of carbonyl (C=O) groups excluding carboxylic acids is 2. The largest absolute Gasteiger partial charge is 0.496 e. The minimum absolute atomic E-state index is 0.0744. The number of rotatable bonds is 5. The summed E-state index contributed by atoms with van der Waals surface area (Å²) >= 11 is 3.36. The lowest BCUT2D eigenvalue weighted by Crippen LogP contribution is -2.30. The van der Waals surface area contributed by atoms with Crippen LogP contribution in [0.1, 0.15) is 34.6 Å². The first kappa shape index (κ1) is 18.0. The molecule has 2 N–H and O–H groups in total. The summed E-state index contributed by atoms with van der Waals surface area (Å²) in [5.74, 6) is 0.284. The van der Waals surface area contributed by atoms with Crippen molar-refractivity contribution in [3.05, 3.63) is 58.1 Å². The maximum absolute atomic E-state index is 12.3. The van der Waals surface area contributed by atoms with Crippen LogP contribution in [0, 0.1) is 0 Å². The molecule has 0 spiro atoms. The van der Waals surface area contributed by atoms with Crippen LogP contribution in [0.25, 0.3) is 0 Å². The van der Waals surface area contributed by atoms with E-state index in [0.717, 1.165) is 0 Å². The quantitative estimate of drug-likeness (QED) is 0.814. The van der Waals surface area contributed by atoms with Crippen LogP contribution in [-0.2, 0) is 0 Å². The molecular formula is C18H19BrN2O3. The molecule has 2 aromatic carbocycles. The van der Waals surface area contributed by atoms with Gasteiger partial charge in [0.1, 0.15) is 5.75 Å². The van der Waals surface area contributed by atoms with Gasteiger partial charge in [0.25, 0.3) is 11.8 Å². The molecule has 0 unspecified atom stereocenters. The molecule has 24 heavy (non-hydrogen) atoms. The van der Waals surface area contributed by atoms with Gasteiger partial charge >= 0.3 is 0 Å². The predicted octanol–water partition coefficient (Wildman–Crippen LogP) is 3.85. The van der Waals surface area contributed by atoms with Crippen molar-refractivity contribution >= 4 is 33.4 Å². The van der Waals surface area contributed by atoms with Crippen molar-refractivity contribution in [2.45, 2.75) is 19.9 Å². The molecule has 0 heterocycles. The predicted molar refractivity (Wildman–Crippen MR) is 97.7 cm³/mol. The Morgan fingerprint density at radius 3 is 2.17 bits per heavy atom. The molecule has 0 saturated carbocycles. The zero-order valence-electron chi connectivity index (χ0n) is 13.7. The third-order valence-corrected chi connectivity index (χ3v) is 3.86. The Kier molecular flexibility index (Phi) is 5.98. The first-order valence-corrected chi connectivity index (χ1v) is 8.26. The second-order valence-corrected chi connectivity index (χ2v) is 6.36. The van der Waals surface area contributed by atoms with E-state index in [2.05, 4.69) is 26.6 Å². The van der Waals surface area contributed by atoms with Crippen LogP contribution in [-0.4, -0.2) is 25.0 Å². The number of benzene rings is 2. The molecule has 0 bridgehead atoms. The summed E-state index contributed by atoms with van der Waals surface area (Å²) in [4.78, 5) is 24.2. The smallest absolute Gasteiger partial charge is 0.255 e. The summed E-state index contributed by atoms with van der Waals surface area (Å²) in [5.41, 5.74) is 1.67. The lowest BCUT2D eigenvalue weighted by Gasteiger charge is -2.10. The Morgan fingerprint density at radius 1 is 1.00 bits per heavy atom. The number of carbonyl (C=O) groups is 2. The van der Waals surface area contributed by atoms with Gasteiger partial charge < -0.3 is 15.4 Å². The highest BCUT2D eigenvalue weighted by Crippen LogP contribution is 2.25. The molecule has 0 radical (unpaired) electrons. The molecule has 0 aromatic heterocycles. The number of hydrogen-bond acceptors (Lipinski definition) is 3. The van der Waals surface area contributed by atoms with E-state index in [4.69, 9.17) is 4.74 Å². The lowest BCUT2D eigenvalue weighted by molar-refractivity contribution is 0.0942. The van der Waals surface area contributed by atoms with Crippen molar-refractivity contribution < 1.29 is 14.3 Å². The lowest BCUT2D eigenvalue weighted by atomic mass is 10.1. The highest BCUT2D eigenvalue weighted by molar-refractivity contribution is 9.10. The standard InChI is InChI=1S/C18H19BrN2O3/c1-11(2)20-17(22)12-4-7-14(8-5-12)21-18(23)13-6-9-16(24-3)15(19)10-13/h4-11H,1-3H3,(H,20,22)(H,21,23). The molecule has 6 heteroatoms. The molecule has 0 aliphatic heterocycles. The highest BCUT2D eigenvalue weighted by Gasteiger charge is 2.10. The summed E-state index contributed by atoms with van der Waals surface area (Å²) in [5, 5.41) is 5.62. The third-order valence-electron chi connectivity index (χ3n) is 3.24. The molecular weight excluding hydrogens is 372 g/mol. The van der Waals surface area contributed by atoms with Gasteiger partial charge in [-0.05, 0) is 72.2 Å². The normalized spacial score (nSPS) is 10.4. The van der Waals surface area contributed by atoms with Gasteiger partial charge in [0, 0.05) is 22.9 Å². The van der Waals surface area contributed by atoms with Crippen LogP contribution < -0.4 is 15.4 Å². The zero-order valence-corrected chi connectivity index (χ0v) is 15.3. The topological polar surface area (TPSA) is 67.4 Å². The fourth-order valence-electron chi connectivity index (χ4n) is 2.06. The minimum Gasteiger partial charge on any atom is -0.496 e. The minimum atomic E-state index is -0.238. The van der Waals surface area contributed by atoms with Gasteiger partial charge in [-0.15, -0.1) is 0 Å². The number of hydrogen-bond donors (Lipinski definition) is 2. The van der Waals surface area contributed by atoms with Gasteiger partial charge in [-0.1, -0.05) is 0 Å². The van der Waals surface area contributed by atoms with Crippen LogP contribution in [0.15, 0.2) is 46.9 Å². The average Bonchev–Trinajstić information content (AvgIpc) is 2.54. The van der Waals surface area contributed by atoms with Gasteiger partial charge in [-0.2, -0.15) is 0 Å². The fourth-order valence-corrected chi connectivity index (χ4v) is 2.60. The highest BCUT2D eigenvalue weighted by atomic mass is 79.9. The first-order valence-electron chi connectivity index (χ1n) is 7.46. The number of methoxy groups -OCH3 is 1. The molecule has 0 aliphatic rings. The second-order valence-electron chi connectivity index (χ2n) is 5.51. The van der Waals surface area contributed by atoms with Crippen LogP contribution in [0.2, 0.25) is 0 Å². The van der Waals surface area contributed by atoms with E-state index in [0.29, 0.717) is 27.0 Å². The summed E-state index contributed by atoms with van der Waals surface area (Å²) in [7, 11) is 1.57. The Hall–Kier alpha value is -2.34. The van der Waals surface area contributed by atoms with E-state index in [1.807, 2.05) is 13.8 Å². The Labute approximate surface area is 149 Å². The maximum Gasteiger partial charge on any atom is 0.255 e. The molecule has 2 amide bonds. The molecule has 0 saturated heterocycles. The van der Waals surface area contributed by atoms with Crippen molar-refractivity contribution in [2.24, 2.45) is 0 Å². The fraction of sp³-hybridized carbons (Fsp3) is 0.222. The van der Waals surface area contributed by atoms with E-state index >= 15 is 0 Å². The number of amides is 2. The molecule has 2 rings (SSSR count). The Balaban J connectivity index is 2.07. The van der Waals surface area contributed by atoms with Gasteiger partial charge in [-0.3, -0.25) is 9.59 Å². The van der Waals surface area contributed by atoms with Gasteiger partial charge in [0.2, 0.25) is 0 Å². The number of ether oxygens (including phenoxy) is 1. The average molecular weight is 391 g/mol. The van der Waals surface area contributed by atoms with Crippen molar-refractivity contribution in [2.75, 3.05) is 12.4 Å². The Bertz CT molecular complexity index is 742. The van der Waals surface area contributed by atoms with E-state index in [9.17, 15) is 9.59 Å². The molecule has 2 aromatic rings. The van der Waals surface area contributed by atoms with Gasteiger partial charge in [0.15, 0.2) is 0 Å². The van der Waals surface area contributed by atoms with Crippen molar-refractivity contribution in [3.63, 3.8) is 0 Å². The Morgan fingerprint density at radius 2 is 1.62 bits per heavy atom. The summed E-state index contributed by atoms with van der Waals surface area (Å²) in [6.45, 7) is 3.80.